The van der Waals surface area contributed by atoms with Crippen LogP contribution < -0.4 is 5.32 Å². The Bertz CT molecular complexity index is 649. The highest BCUT2D eigenvalue weighted by atomic mass is 35.5. The summed E-state index contributed by atoms with van der Waals surface area (Å²) in [7, 11) is 0. The molecule has 20 heavy (non-hydrogen) atoms. The normalized spacial score (nSPS) is 14.3. The van der Waals surface area contributed by atoms with Gasteiger partial charge in [-0.25, -0.2) is 0 Å². The lowest BCUT2D eigenvalue weighted by atomic mass is 9.92. The van der Waals surface area contributed by atoms with Gasteiger partial charge in [0.25, 0.3) is 0 Å². The molecule has 1 aromatic heterocycles. The molecular weight excluding hydrogens is 268 g/mol. The number of pyridine rings is 1. The fourth-order valence-electron chi connectivity index (χ4n) is 3.07. The first kappa shape index (κ1) is 13.7. The maximum atomic E-state index is 6.42. The van der Waals surface area contributed by atoms with Crippen LogP contribution in [0.2, 0.25) is 5.02 Å². The molecule has 0 atom stereocenters. The van der Waals surface area contributed by atoms with E-state index in [0.29, 0.717) is 0 Å². The average molecular weight is 289 g/mol. The summed E-state index contributed by atoms with van der Waals surface area (Å²) in [5.74, 6) is 0. The van der Waals surface area contributed by atoms with Crippen molar-refractivity contribution in [3.63, 3.8) is 0 Å². The van der Waals surface area contributed by atoms with Gasteiger partial charge in [-0.05, 0) is 62.3 Å². The number of nitrogens with one attached hydrogen (secondary N) is 1. The fourth-order valence-corrected chi connectivity index (χ4v) is 3.39. The van der Waals surface area contributed by atoms with E-state index in [1.54, 1.807) is 0 Å². The van der Waals surface area contributed by atoms with Crippen molar-refractivity contribution in [1.29, 1.82) is 0 Å². The molecular formula is C17H21ClN2. The van der Waals surface area contributed by atoms with Crippen molar-refractivity contribution in [3.05, 3.63) is 34.0 Å². The third-order valence-corrected chi connectivity index (χ3v) is 4.30. The zero-order chi connectivity index (χ0) is 14.1. The average Bonchev–Trinajstić information content (AvgIpc) is 2.44. The van der Waals surface area contributed by atoms with Crippen LogP contribution in [0.1, 0.15) is 43.0 Å². The van der Waals surface area contributed by atoms with Gasteiger partial charge in [0.1, 0.15) is 0 Å². The van der Waals surface area contributed by atoms with Crippen LogP contribution in [0.25, 0.3) is 10.9 Å². The van der Waals surface area contributed by atoms with Gasteiger partial charge >= 0.3 is 0 Å². The summed E-state index contributed by atoms with van der Waals surface area (Å²) in [6.07, 6.45) is 5.84. The lowest BCUT2D eigenvalue weighted by Gasteiger charge is -2.22. The number of fused-ring (bicyclic) bond motifs is 2. The van der Waals surface area contributed by atoms with Crippen molar-refractivity contribution < 1.29 is 0 Å². The third kappa shape index (κ3) is 2.37. The van der Waals surface area contributed by atoms with E-state index in [-0.39, 0.29) is 0 Å². The molecule has 0 amide bonds. The molecule has 1 heterocycles. The van der Waals surface area contributed by atoms with Crippen molar-refractivity contribution in [2.45, 2.75) is 46.0 Å². The number of halogens is 1. The van der Waals surface area contributed by atoms with Gasteiger partial charge in [-0.15, -0.1) is 0 Å². The molecule has 1 aliphatic carbocycles. The Hall–Kier alpha value is -1.28. The van der Waals surface area contributed by atoms with Gasteiger partial charge in [-0.2, -0.15) is 0 Å². The molecule has 3 rings (SSSR count). The summed E-state index contributed by atoms with van der Waals surface area (Å²) in [5.41, 5.74) is 6.08. The molecule has 2 nitrogen and oxygen atoms in total. The molecule has 106 valence electrons. The molecule has 0 saturated carbocycles. The highest BCUT2D eigenvalue weighted by Gasteiger charge is 2.19. The number of benzene rings is 1. The third-order valence-electron chi connectivity index (χ3n) is 4.02. The molecule has 2 aromatic rings. The van der Waals surface area contributed by atoms with Gasteiger partial charge in [0.05, 0.1) is 10.5 Å². The SMILES string of the molecule is CCCNc1c2c(nc3c(Cl)cc(C)cc13)CCCC2. The van der Waals surface area contributed by atoms with Crippen LogP contribution in [0.3, 0.4) is 0 Å². The van der Waals surface area contributed by atoms with Crippen LogP contribution in [-0.2, 0) is 12.8 Å². The van der Waals surface area contributed by atoms with Crippen LogP contribution in [-0.4, -0.2) is 11.5 Å². The van der Waals surface area contributed by atoms with E-state index in [4.69, 9.17) is 16.6 Å². The Morgan fingerprint density at radius 3 is 2.85 bits per heavy atom. The smallest absolute Gasteiger partial charge is 0.0912 e. The summed E-state index contributed by atoms with van der Waals surface area (Å²) in [5, 5.41) is 5.58. The zero-order valence-electron chi connectivity index (χ0n) is 12.2. The second-order valence-electron chi connectivity index (χ2n) is 5.69. The van der Waals surface area contributed by atoms with Gasteiger partial charge in [0.2, 0.25) is 0 Å². The molecule has 3 heteroatoms. The molecule has 1 aliphatic rings. The van der Waals surface area contributed by atoms with E-state index in [9.17, 15) is 0 Å². The molecule has 1 N–H and O–H groups in total. The van der Waals surface area contributed by atoms with Crippen LogP contribution >= 0.6 is 11.6 Å². The number of nitrogens with zero attached hydrogens (tertiary/aromatic N) is 1. The van der Waals surface area contributed by atoms with Gasteiger partial charge in [-0.1, -0.05) is 18.5 Å². The molecule has 0 unspecified atom stereocenters. The standard InChI is InChI=1S/C17H21ClN2/c1-3-8-19-16-12-6-4-5-7-15(12)20-17-13(16)9-11(2)10-14(17)18/h9-10H,3-8H2,1-2H3,(H,19,20). The predicted molar refractivity (Wildman–Crippen MR) is 86.9 cm³/mol. The summed E-state index contributed by atoms with van der Waals surface area (Å²) >= 11 is 6.42. The highest BCUT2D eigenvalue weighted by molar-refractivity contribution is 6.35. The largest absolute Gasteiger partial charge is 0.384 e. The zero-order valence-corrected chi connectivity index (χ0v) is 13.0. The molecule has 0 radical (unpaired) electrons. The quantitative estimate of drug-likeness (QED) is 0.869. The number of anilines is 1. The number of aromatic nitrogens is 1. The molecule has 0 fully saturated rings. The molecule has 0 spiro atoms. The van der Waals surface area contributed by atoms with E-state index < -0.39 is 0 Å². The Morgan fingerprint density at radius 1 is 1.25 bits per heavy atom. The number of hydrogen-bond donors (Lipinski definition) is 1. The van der Waals surface area contributed by atoms with Crippen LogP contribution in [0.15, 0.2) is 12.1 Å². The van der Waals surface area contributed by atoms with Crippen LogP contribution in [0.4, 0.5) is 5.69 Å². The summed E-state index contributed by atoms with van der Waals surface area (Å²) in [6.45, 7) is 5.28. The van der Waals surface area contributed by atoms with Gasteiger partial charge in [0, 0.05) is 23.3 Å². The van der Waals surface area contributed by atoms with Crippen molar-refractivity contribution >= 4 is 28.2 Å². The summed E-state index contributed by atoms with van der Waals surface area (Å²) < 4.78 is 0. The Balaban J connectivity index is 2.27. The minimum absolute atomic E-state index is 0.771. The first-order valence-electron chi connectivity index (χ1n) is 7.56. The van der Waals surface area contributed by atoms with Crippen LogP contribution in [0, 0.1) is 6.92 Å². The summed E-state index contributed by atoms with van der Waals surface area (Å²) in [4.78, 5) is 4.85. The molecule has 1 aromatic carbocycles. The molecule has 0 saturated heterocycles. The number of hydrogen-bond acceptors (Lipinski definition) is 2. The number of aryl methyl sites for hydroxylation is 2. The second kappa shape index (κ2) is 5.61. The van der Waals surface area contributed by atoms with Crippen LogP contribution in [0.5, 0.6) is 0 Å². The highest BCUT2D eigenvalue weighted by Crippen LogP contribution is 2.36. The van der Waals surface area contributed by atoms with E-state index in [1.165, 1.54) is 40.7 Å². The molecule has 0 aliphatic heterocycles. The van der Waals surface area contributed by atoms with Crippen molar-refractivity contribution in [1.82, 2.24) is 4.98 Å². The van der Waals surface area contributed by atoms with Crippen molar-refractivity contribution in [3.8, 4) is 0 Å². The lowest BCUT2D eigenvalue weighted by molar-refractivity contribution is 0.672. The minimum Gasteiger partial charge on any atom is -0.384 e. The maximum Gasteiger partial charge on any atom is 0.0912 e. The first-order chi connectivity index (χ1) is 9.70. The van der Waals surface area contributed by atoms with Gasteiger partial charge < -0.3 is 5.32 Å². The van der Waals surface area contributed by atoms with Gasteiger partial charge in [-0.3, -0.25) is 4.98 Å². The topological polar surface area (TPSA) is 24.9 Å². The predicted octanol–water partition coefficient (Wildman–Crippen LogP) is 4.90. The van der Waals surface area contributed by atoms with Crippen molar-refractivity contribution in [2.24, 2.45) is 0 Å². The second-order valence-corrected chi connectivity index (χ2v) is 6.10. The lowest BCUT2D eigenvalue weighted by Crippen LogP contribution is -2.12. The monoisotopic (exact) mass is 288 g/mol. The summed E-state index contributed by atoms with van der Waals surface area (Å²) in [6, 6.07) is 4.22. The maximum absolute atomic E-state index is 6.42. The Morgan fingerprint density at radius 2 is 2.05 bits per heavy atom. The Kier molecular flexibility index (Phi) is 3.84. The Labute approximate surface area is 125 Å². The van der Waals surface area contributed by atoms with Crippen molar-refractivity contribution in [2.75, 3.05) is 11.9 Å². The van der Waals surface area contributed by atoms with E-state index in [1.807, 2.05) is 6.07 Å². The van der Waals surface area contributed by atoms with E-state index >= 15 is 0 Å². The fraction of sp³-hybridized carbons (Fsp3) is 0.471. The van der Waals surface area contributed by atoms with E-state index in [0.717, 1.165) is 36.3 Å². The minimum atomic E-state index is 0.771. The molecule has 0 bridgehead atoms. The van der Waals surface area contributed by atoms with Gasteiger partial charge in [0.15, 0.2) is 0 Å². The first-order valence-corrected chi connectivity index (χ1v) is 7.94. The van der Waals surface area contributed by atoms with E-state index in [2.05, 4.69) is 25.2 Å². The number of rotatable bonds is 3.